The third-order valence-corrected chi connectivity index (χ3v) is 12.6. The number of amides is 7. The van der Waals surface area contributed by atoms with Crippen LogP contribution in [0.2, 0.25) is 0 Å². The van der Waals surface area contributed by atoms with Crippen LogP contribution >= 0.6 is 0 Å². The normalized spacial score (nSPS) is 23.7. The zero-order chi connectivity index (χ0) is 54.7. The van der Waals surface area contributed by atoms with Gasteiger partial charge in [-0.15, -0.1) is 0 Å². The number of carbonyl (C=O) groups excluding carboxylic acids is 9. The first-order valence-corrected chi connectivity index (χ1v) is 24.2. The SMILES string of the molecule is CC=C(C)C=CC(=O)NCC(=O)OC[C@@H]1NC(=O)[C@@H]([C@@H](C)O)NC(=O)[C@H](Cc2ccccc2)N(C)C(=O)[C@H](c2ccc(OC)cc2)NC(=O)[C@@H]([C@@H](C)CC)NC(=O)[C@@H](NC(=O)[C@H](C)[C@H](O)C(C)C)[C@@H](C)OC1=O. The maximum Gasteiger partial charge on any atom is 0.332 e. The predicted octanol–water partition coefficient (Wildman–Crippen LogP) is 1.07. The first-order chi connectivity index (χ1) is 34.4. The molecule has 0 spiro atoms. The average molecular weight is 1020 g/mol. The second-order valence-electron chi connectivity index (χ2n) is 18.4. The molecular weight excluding hydrogens is 947 g/mol. The van der Waals surface area contributed by atoms with Crippen LogP contribution in [-0.2, 0) is 59.0 Å². The first-order valence-electron chi connectivity index (χ1n) is 24.2. The standard InChI is InChI=1S/C52H73N7O14/c1-12-29(5)19-24-39(61)53-26-40(62)72-27-37-52(70)73-33(9)43(57-46(64)31(7)45(63)28(3)4)50(68)55-41(30(6)13-2)48(66)58-44(35-20-22-36(71-11)23-21-35)51(69)59(10)38(25-34-17-15-14-16-18-34)47(65)56-42(32(8)60)49(67)54-37/h12,14-24,28,30-33,37-38,41-45,60,63H,13,25-27H2,1-11H3,(H,53,61)(H,54,67)(H,55,68)(H,56,65)(H,57,64)(H,58,66)/t30-,31+,32+,33+,37-,38-,41+,42+,43-,44-,45+/m0/s1. The molecule has 0 unspecified atom stereocenters. The van der Waals surface area contributed by atoms with Crippen LogP contribution < -0.4 is 36.6 Å². The molecule has 0 saturated carbocycles. The second-order valence-corrected chi connectivity index (χ2v) is 18.4. The summed E-state index contributed by atoms with van der Waals surface area (Å²) in [7, 11) is 2.76. The summed E-state index contributed by atoms with van der Waals surface area (Å²) in [5, 5.41) is 37.0. The van der Waals surface area contributed by atoms with Gasteiger partial charge < -0.3 is 61.2 Å². The van der Waals surface area contributed by atoms with Crippen LogP contribution in [0.3, 0.4) is 0 Å². The van der Waals surface area contributed by atoms with Gasteiger partial charge in [0.1, 0.15) is 55.2 Å². The summed E-state index contributed by atoms with van der Waals surface area (Å²) in [5.41, 5.74) is 1.60. The van der Waals surface area contributed by atoms with E-state index in [0.29, 0.717) is 17.7 Å². The van der Waals surface area contributed by atoms with Crippen LogP contribution in [0.15, 0.2) is 78.4 Å². The molecule has 0 aliphatic carbocycles. The van der Waals surface area contributed by atoms with E-state index < -0.39 is 139 Å². The number of nitrogens with zero attached hydrogens (tertiary/aromatic N) is 1. The number of methoxy groups -OCH3 is 1. The van der Waals surface area contributed by atoms with Crippen LogP contribution in [0.25, 0.3) is 0 Å². The minimum atomic E-state index is -1.93. The number of carbonyl (C=O) groups is 9. The molecule has 8 N–H and O–H groups in total. The minimum Gasteiger partial charge on any atom is -0.497 e. The van der Waals surface area contributed by atoms with Crippen molar-refractivity contribution in [2.45, 2.75) is 130 Å². The van der Waals surface area contributed by atoms with Crippen molar-refractivity contribution >= 4 is 53.3 Å². The van der Waals surface area contributed by atoms with E-state index in [1.54, 1.807) is 90.1 Å². The maximum absolute atomic E-state index is 15.0. The van der Waals surface area contributed by atoms with E-state index in [1.165, 1.54) is 59.2 Å². The average Bonchev–Trinajstić information content (AvgIpc) is 3.37. The highest BCUT2D eigenvalue weighted by atomic mass is 16.6. The Morgan fingerprint density at radius 1 is 0.836 bits per heavy atom. The molecule has 2 aromatic rings. The van der Waals surface area contributed by atoms with E-state index in [1.807, 2.05) is 0 Å². The molecule has 1 heterocycles. The number of likely N-dealkylation sites (N-methyl/N-ethyl adjacent to an activating group) is 1. The lowest BCUT2D eigenvalue weighted by molar-refractivity contribution is -0.160. The first kappa shape index (κ1) is 60.2. The zero-order valence-electron chi connectivity index (χ0n) is 43.4. The molecule has 11 atom stereocenters. The van der Waals surface area contributed by atoms with E-state index in [0.717, 1.165) is 10.5 Å². The number of allylic oxidation sites excluding steroid dienone is 3. The van der Waals surface area contributed by atoms with Crippen LogP contribution in [0.5, 0.6) is 5.75 Å². The van der Waals surface area contributed by atoms with Gasteiger partial charge in [0.25, 0.3) is 0 Å². The molecule has 21 nitrogen and oxygen atoms in total. The van der Waals surface area contributed by atoms with Crippen LogP contribution in [0, 0.1) is 17.8 Å². The fraction of sp³-hybridized carbons (Fsp3) is 0.519. The number of nitrogens with one attached hydrogen (secondary N) is 6. The Balaban J connectivity index is 2.26. The third-order valence-electron chi connectivity index (χ3n) is 12.6. The van der Waals surface area contributed by atoms with Gasteiger partial charge in [-0.05, 0) is 62.8 Å². The summed E-state index contributed by atoms with van der Waals surface area (Å²) < 4.78 is 16.4. The minimum absolute atomic E-state index is 0.137. The van der Waals surface area contributed by atoms with E-state index in [4.69, 9.17) is 14.2 Å². The quantitative estimate of drug-likeness (QED) is 0.0625. The van der Waals surface area contributed by atoms with Crippen LogP contribution in [0.4, 0.5) is 0 Å². The molecular formula is C52H73N7O14. The molecule has 7 amide bonds. The fourth-order valence-corrected chi connectivity index (χ4v) is 7.44. The van der Waals surface area contributed by atoms with Gasteiger partial charge >= 0.3 is 11.9 Å². The lowest BCUT2D eigenvalue weighted by Gasteiger charge is -2.34. The molecule has 0 aromatic heterocycles. The summed E-state index contributed by atoms with van der Waals surface area (Å²) in [6.45, 7) is 12.5. The Morgan fingerprint density at radius 3 is 2.03 bits per heavy atom. The van der Waals surface area contributed by atoms with Crippen molar-refractivity contribution in [3.8, 4) is 5.75 Å². The predicted molar refractivity (Wildman–Crippen MR) is 268 cm³/mol. The molecule has 1 aliphatic heterocycles. The number of ether oxygens (including phenoxy) is 3. The Hall–Kier alpha value is -7.13. The molecule has 0 radical (unpaired) electrons. The highest BCUT2D eigenvalue weighted by molar-refractivity contribution is 5.98. The zero-order valence-corrected chi connectivity index (χ0v) is 43.4. The molecule has 21 heteroatoms. The van der Waals surface area contributed by atoms with Crippen molar-refractivity contribution in [1.82, 2.24) is 36.8 Å². The Bertz CT molecular complexity index is 2300. The molecule has 400 valence electrons. The van der Waals surface area contributed by atoms with Gasteiger partial charge in [0.05, 0.1) is 25.2 Å². The van der Waals surface area contributed by atoms with Gasteiger partial charge in [-0.1, -0.05) is 101 Å². The van der Waals surface area contributed by atoms with E-state index in [-0.39, 0.29) is 12.0 Å². The van der Waals surface area contributed by atoms with Gasteiger partial charge in [-0.3, -0.25) is 38.4 Å². The molecule has 1 aliphatic rings. The number of cyclic esters (lactones) is 1. The van der Waals surface area contributed by atoms with E-state index in [9.17, 15) is 53.4 Å². The summed E-state index contributed by atoms with van der Waals surface area (Å²) in [5.74, 6) is -10.4. The number of aliphatic hydroxyl groups excluding tert-OH is 2. The highest BCUT2D eigenvalue weighted by Crippen LogP contribution is 2.23. The maximum atomic E-state index is 15.0. The third kappa shape index (κ3) is 17.8. The number of hydrogen-bond acceptors (Lipinski definition) is 14. The van der Waals surface area contributed by atoms with Crippen molar-refractivity contribution in [2.24, 2.45) is 17.8 Å². The summed E-state index contributed by atoms with van der Waals surface area (Å²) in [6, 6.07) is 4.84. The van der Waals surface area contributed by atoms with Crippen molar-refractivity contribution < 1.29 is 67.6 Å². The van der Waals surface area contributed by atoms with Gasteiger partial charge in [-0.25, -0.2) is 4.79 Å². The summed E-state index contributed by atoms with van der Waals surface area (Å²) in [6.07, 6.45) is 0.135. The topological polar surface area (TPSA) is 297 Å². The monoisotopic (exact) mass is 1020 g/mol. The van der Waals surface area contributed by atoms with E-state index >= 15 is 0 Å². The smallest absolute Gasteiger partial charge is 0.332 e. The largest absolute Gasteiger partial charge is 0.497 e. The van der Waals surface area contributed by atoms with Crippen molar-refractivity contribution in [2.75, 3.05) is 27.3 Å². The van der Waals surface area contributed by atoms with E-state index in [2.05, 4.69) is 31.9 Å². The highest BCUT2D eigenvalue weighted by Gasteiger charge is 2.41. The van der Waals surface area contributed by atoms with Crippen LogP contribution in [0.1, 0.15) is 85.9 Å². The van der Waals surface area contributed by atoms with Crippen molar-refractivity contribution in [1.29, 1.82) is 0 Å². The van der Waals surface area contributed by atoms with Gasteiger partial charge in [0.2, 0.25) is 41.4 Å². The van der Waals surface area contributed by atoms with Gasteiger partial charge in [0, 0.05) is 19.5 Å². The molecule has 3 rings (SSSR count). The number of hydrogen-bond donors (Lipinski definition) is 8. The molecule has 73 heavy (non-hydrogen) atoms. The Labute approximate surface area is 426 Å². The molecule has 0 bridgehead atoms. The Kier molecular flexibility index (Phi) is 23.7. The van der Waals surface area contributed by atoms with Crippen LogP contribution in [-0.4, -0.2) is 144 Å². The van der Waals surface area contributed by atoms with Crippen molar-refractivity contribution in [3.63, 3.8) is 0 Å². The number of benzene rings is 2. The van der Waals surface area contributed by atoms with Gasteiger partial charge in [0.15, 0.2) is 6.04 Å². The number of rotatable bonds is 17. The molecule has 1 saturated heterocycles. The van der Waals surface area contributed by atoms with Crippen molar-refractivity contribution in [3.05, 3.63) is 89.5 Å². The summed E-state index contributed by atoms with van der Waals surface area (Å²) in [4.78, 5) is 127. The molecule has 1 fully saturated rings. The lowest BCUT2D eigenvalue weighted by atomic mass is 9.93. The Morgan fingerprint density at radius 2 is 1.45 bits per heavy atom. The number of aliphatic hydroxyl groups is 2. The number of esters is 2. The summed E-state index contributed by atoms with van der Waals surface area (Å²) >= 11 is 0. The fourth-order valence-electron chi connectivity index (χ4n) is 7.44. The lowest BCUT2D eigenvalue weighted by Crippen LogP contribution is -2.61. The van der Waals surface area contributed by atoms with Gasteiger partial charge in [-0.2, -0.15) is 0 Å². The molecule has 2 aromatic carbocycles. The second kappa shape index (κ2) is 28.8.